The first-order chi connectivity index (χ1) is 8.63. The molecule has 1 heterocycles. The van der Waals surface area contributed by atoms with E-state index in [0.717, 1.165) is 43.9 Å². The van der Waals surface area contributed by atoms with Gasteiger partial charge in [0.05, 0.1) is 11.9 Å². The van der Waals surface area contributed by atoms with Crippen LogP contribution < -0.4 is 0 Å². The smallest absolute Gasteiger partial charge is 0.216 e. The standard InChI is InChI=1S/C12H22BrNO3S/c13-7-3-8-14(11-4-1-5-11)18(15,16)10-12-6-2-9-17-12/h11-12H,1-10H2. The zero-order valence-electron chi connectivity index (χ0n) is 10.7. The maximum absolute atomic E-state index is 12.5. The van der Waals surface area contributed by atoms with Crippen LogP contribution >= 0.6 is 15.9 Å². The van der Waals surface area contributed by atoms with Gasteiger partial charge in [0.25, 0.3) is 0 Å². The van der Waals surface area contributed by atoms with Crippen molar-refractivity contribution in [3.05, 3.63) is 0 Å². The Labute approximate surface area is 118 Å². The van der Waals surface area contributed by atoms with Gasteiger partial charge in [0.15, 0.2) is 0 Å². The normalized spacial score (nSPS) is 25.6. The third-order valence-corrected chi connectivity index (χ3v) is 6.32. The lowest BCUT2D eigenvalue weighted by Crippen LogP contribution is -2.47. The largest absolute Gasteiger partial charge is 0.377 e. The molecule has 6 heteroatoms. The van der Waals surface area contributed by atoms with Gasteiger partial charge in [0, 0.05) is 24.5 Å². The van der Waals surface area contributed by atoms with Gasteiger partial charge in [-0.1, -0.05) is 22.4 Å². The van der Waals surface area contributed by atoms with Crippen LogP contribution in [0.4, 0.5) is 0 Å². The maximum atomic E-state index is 12.5. The number of hydrogen-bond donors (Lipinski definition) is 0. The summed E-state index contributed by atoms with van der Waals surface area (Å²) < 4.78 is 32.1. The SMILES string of the molecule is O=S(=O)(CC1CCCO1)N(CCCBr)C1CCC1. The van der Waals surface area contributed by atoms with Gasteiger partial charge in [-0.25, -0.2) is 8.42 Å². The lowest BCUT2D eigenvalue weighted by atomic mass is 9.93. The Balaban J connectivity index is 1.97. The van der Waals surface area contributed by atoms with Gasteiger partial charge in [-0.05, 0) is 32.1 Å². The highest BCUT2D eigenvalue weighted by atomic mass is 79.9. The highest BCUT2D eigenvalue weighted by Gasteiger charge is 2.35. The van der Waals surface area contributed by atoms with E-state index in [2.05, 4.69) is 15.9 Å². The molecule has 0 N–H and O–H groups in total. The molecule has 1 atom stereocenters. The predicted molar refractivity (Wildman–Crippen MR) is 75.5 cm³/mol. The molecule has 18 heavy (non-hydrogen) atoms. The number of sulfonamides is 1. The second kappa shape index (κ2) is 6.68. The summed E-state index contributed by atoms with van der Waals surface area (Å²) in [6.45, 7) is 1.36. The molecule has 1 aliphatic heterocycles. The molecule has 0 amide bonds. The van der Waals surface area contributed by atoms with E-state index >= 15 is 0 Å². The quantitative estimate of drug-likeness (QED) is 0.667. The summed E-state index contributed by atoms with van der Waals surface area (Å²) in [6, 6.07) is 0.246. The van der Waals surface area contributed by atoms with Crippen LogP contribution in [0, 0.1) is 0 Å². The molecule has 2 fully saturated rings. The topological polar surface area (TPSA) is 46.6 Å². The molecule has 0 aromatic heterocycles. The van der Waals surface area contributed by atoms with Gasteiger partial charge < -0.3 is 4.74 Å². The van der Waals surface area contributed by atoms with Crippen molar-refractivity contribution in [3.63, 3.8) is 0 Å². The molecule has 1 unspecified atom stereocenters. The first-order valence-electron chi connectivity index (χ1n) is 6.80. The number of alkyl halides is 1. The number of rotatable bonds is 7. The van der Waals surface area contributed by atoms with Crippen LogP contribution in [0.25, 0.3) is 0 Å². The van der Waals surface area contributed by atoms with Crippen molar-refractivity contribution in [2.24, 2.45) is 0 Å². The minimum atomic E-state index is -3.15. The molecule has 106 valence electrons. The molecule has 0 aromatic carbocycles. The van der Waals surface area contributed by atoms with Crippen molar-refractivity contribution in [2.75, 3.05) is 24.2 Å². The van der Waals surface area contributed by atoms with Crippen molar-refractivity contribution < 1.29 is 13.2 Å². The van der Waals surface area contributed by atoms with E-state index in [4.69, 9.17) is 4.74 Å². The molecular weight excluding hydrogens is 318 g/mol. The van der Waals surface area contributed by atoms with Crippen LogP contribution in [0.5, 0.6) is 0 Å². The second-order valence-corrected chi connectivity index (χ2v) is 7.91. The number of hydrogen-bond acceptors (Lipinski definition) is 3. The number of nitrogens with zero attached hydrogens (tertiary/aromatic N) is 1. The molecule has 0 aromatic rings. The van der Waals surface area contributed by atoms with Crippen molar-refractivity contribution in [2.45, 2.75) is 50.7 Å². The van der Waals surface area contributed by atoms with E-state index in [-0.39, 0.29) is 17.9 Å². The monoisotopic (exact) mass is 339 g/mol. The van der Waals surface area contributed by atoms with E-state index in [1.165, 1.54) is 0 Å². The lowest BCUT2D eigenvalue weighted by Gasteiger charge is -2.37. The van der Waals surface area contributed by atoms with Crippen molar-refractivity contribution in [1.82, 2.24) is 4.31 Å². The Morgan fingerprint density at radius 2 is 2.00 bits per heavy atom. The van der Waals surface area contributed by atoms with Crippen molar-refractivity contribution in [1.29, 1.82) is 0 Å². The Bertz CT molecular complexity index is 350. The third kappa shape index (κ3) is 3.68. The van der Waals surface area contributed by atoms with Crippen LogP contribution in [-0.2, 0) is 14.8 Å². The molecular formula is C12H22BrNO3S. The lowest BCUT2D eigenvalue weighted by molar-refractivity contribution is 0.124. The van der Waals surface area contributed by atoms with E-state index in [0.29, 0.717) is 13.2 Å². The summed E-state index contributed by atoms with van der Waals surface area (Å²) in [4.78, 5) is 0. The maximum Gasteiger partial charge on any atom is 0.216 e. The number of halogens is 1. The second-order valence-electron chi connectivity index (χ2n) is 5.15. The minimum Gasteiger partial charge on any atom is -0.377 e. The van der Waals surface area contributed by atoms with Gasteiger partial charge in [-0.2, -0.15) is 4.31 Å². The van der Waals surface area contributed by atoms with Gasteiger partial charge in [-0.15, -0.1) is 0 Å². The fourth-order valence-electron chi connectivity index (χ4n) is 2.55. The van der Waals surface area contributed by atoms with E-state index in [1.54, 1.807) is 4.31 Å². The minimum absolute atomic E-state index is 0.0819. The molecule has 2 aliphatic rings. The fourth-order valence-corrected chi connectivity index (χ4v) is 4.79. The Morgan fingerprint density at radius 3 is 2.50 bits per heavy atom. The summed E-state index contributed by atoms with van der Waals surface area (Å²) in [5.74, 6) is 0.172. The first-order valence-corrected chi connectivity index (χ1v) is 9.53. The average molecular weight is 340 g/mol. The molecule has 1 saturated carbocycles. The molecule has 0 spiro atoms. The summed E-state index contributed by atoms with van der Waals surface area (Å²) in [6.07, 6.45) is 5.87. The van der Waals surface area contributed by atoms with Crippen LogP contribution in [0.3, 0.4) is 0 Å². The Morgan fingerprint density at radius 1 is 1.22 bits per heavy atom. The fraction of sp³-hybridized carbons (Fsp3) is 1.00. The van der Waals surface area contributed by atoms with E-state index in [1.807, 2.05) is 0 Å². The predicted octanol–water partition coefficient (Wildman–Crippen LogP) is 2.13. The van der Waals surface area contributed by atoms with Gasteiger partial charge in [0.1, 0.15) is 0 Å². The van der Waals surface area contributed by atoms with Crippen LogP contribution in [0.15, 0.2) is 0 Å². The zero-order valence-corrected chi connectivity index (χ0v) is 13.1. The van der Waals surface area contributed by atoms with Crippen molar-refractivity contribution in [3.8, 4) is 0 Å². The average Bonchev–Trinajstić information content (AvgIpc) is 2.72. The Hall–Kier alpha value is 0.350. The Kier molecular flexibility index (Phi) is 5.47. The molecule has 0 radical (unpaired) electrons. The molecule has 1 aliphatic carbocycles. The molecule has 0 bridgehead atoms. The molecule has 4 nitrogen and oxygen atoms in total. The van der Waals surface area contributed by atoms with Crippen LogP contribution in [-0.4, -0.2) is 49.1 Å². The van der Waals surface area contributed by atoms with Crippen molar-refractivity contribution >= 4 is 26.0 Å². The third-order valence-electron chi connectivity index (χ3n) is 3.77. The first kappa shape index (κ1) is 14.8. The van der Waals surface area contributed by atoms with Crippen LogP contribution in [0.2, 0.25) is 0 Å². The summed E-state index contributed by atoms with van der Waals surface area (Å²) in [5.41, 5.74) is 0. The van der Waals surface area contributed by atoms with E-state index in [9.17, 15) is 8.42 Å². The molecule has 1 saturated heterocycles. The summed E-state index contributed by atoms with van der Waals surface area (Å²) in [5, 5.41) is 0.853. The van der Waals surface area contributed by atoms with Gasteiger partial charge >= 0.3 is 0 Å². The summed E-state index contributed by atoms with van der Waals surface area (Å²) in [7, 11) is -3.15. The van der Waals surface area contributed by atoms with E-state index < -0.39 is 10.0 Å². The molecule has 2 rings (SSSR count). The van der Waals surface area contributed by atoms with Gasteiger partial charge in [-0.3, -0.25) is 0 Å². The van der Waals surface area contributed by atoms with Crippen LogP contribution in [0.1, 0.15) is 38.5 Å². The van der Waals surface area contributed by atoms with Gasteiger partial charge in [0.2, 0.25) is 10.0 Å². The zero-order chi connectivity index (χ0) is 13.0. The number of ether oxygens (including phenoxy) is 1. The highest BCUT2D eigenvalue weighted by molar-refractivity contribution is 9.09. The highest BCUT2D eigenvalue weighted by Crippen LogP contribution is 2.28. The summed E-state index contributed by atoms with van der Waals surface area (Å²) >= 11 is 3.38.